The molecule has 140 valence electrons. The molecule has 1 N–H and O–H groups in total. The lowest BCUT2D eigenvalue weighted by Gasteiger charge is -2.05. The molecule has 0 saturated carbocycles. The van der Waals surface area contributed by atoms with Gasteiger partial charge in [0.15, 0.2) is 5.82 Å². The number of carbonyl (C=O) groups is 1. The minimum atomic E-state index is -0.485. The molecule has 0 aliphatic rings. The topological polar surface area (TPSA) is 108 Å². The van der Waals surface area contributed by atoms with Crippen LogP contribution in [0, 0.1) is 30.9 Å². The van der Waals surface area contributed by atoms with Crippen LogP contribution in [0.25, 0.3) is 0 Å². The molecular formula is C18H20N6O3. The average Bonchev–Trinajstić information content (AvgIpc) is 3.07. The smallest absolute Gasteiger partial charge is 0.308 e. The SMILES string of the molecule is Cc1nn(CC(=O)Nc2cc(C)n(Cc3ccccc3)n2)c(C)c1[N+](=O)[O-]. The van der Waals surface area contributed by atoms with Crippen LogP contribution in [-0.2, 0) is 17.9 Å². The third-order valence-electron chi connectivity index (χ3n) is 4.24. The number of aryl methyl sites for hydroxylation is 2. The number of hydrogen-bond donors (Lipinski definition) is 1. The number of carbonyl (C=O) groups excluding carboxylic acids is 1. The van der Waals surface area contributed by atoms with Gasteiger partial charge in [0.2, 0.25) is 5.91 Å². The molecule has 1 aromatic carbocycles. The fourth-order valence-corrected chi connectivity index (χ4v) is 2.91. The van der Waals surface area contributed by atoms with Crippen LogP contribution >= 0.6 is 0 Å². The van der Waals surface area contributed by atoms with Crippen molar-refractivity contribution in [1.82, 2.24) is 19.6 Å². The molecule has 0 aliphatic carbocycles. The van der Waals surface area contributed by atoms with Gasteiger partial charge in [-0.2, -0.15) is 10.2 Å². The predicted molar refractivity (Wildman–Crippen MR) is 99.5 cm³/mol. The van der Waals surface area contributed by atoms with E-state index in [-0.39, 0.29) is 23.8 Å². The molecule has 0 saturated heterocycles. The van der Waals surface area contributed by atoms with Crippen molar-refractivity contribution in [2.75, 3.05) is 5.32 Å². The van der Waals surface area contributed by atoms with Crippen molar-refractivity contribution in [3.05, 3.63) is 69.2 Å². The number of nitrogens with one attached hydrogen (secondary N) is 1. The zero-order valence-electron chi connectivity index (χ0n) is 15.3. The van der Waals surface area contributed by atoms with Crippen molar-refractivity contribution in [3.63, 3.8) is 0 Å². The molecule has 1 amide bonds. The maximum Gasteiger partial charge on any atom is 0.312 e. The van der Waals surface area contributed by atoms with Crippen LogP contribution in [0.2, 0.25) is 0 Å². The molecule has 0 fully saturated rings. The normalized spacial score (nSPS) is 10.8. The van der Waals surface area contributed by atoms with Gasteiger partial charge in [-0.3, -0.25) is 24.3 Å². The van der Waals surface area contributed by atoms with E-state index in [0.717, 1.165) is 11.3 Å². The van der Waals surface area contributed by atoms with E-state index in [9.17, 15) is 14.9 Å². The van der Waals surface area contributed by atoms with Crippen LogP contribution in [0.5, 0.6) is 0 Å². The first-order valence-corrected chi connectivity index (χ1v) is 8.41. The van der Waals surface area contributed by atoms with Gasteiger partial charge in [0.25, 0.3) is 0 Å². The van der Waals surface area contributed by atoms with Crippen molar-refractivity contribution < 1.29 is 9.72 Å². The Kier molecular flexibility index (Phi) is 5.02. The number of aromatic nitrogens is 4. The summed E-state index contributed by atoms with van der Waals surface area (Å²) < 4.78 is 3.13. The van der Waals surface area contributed by atoms with E-state index in [0.29, 0.717) is 18.1 Å². The first-order chi connectivity index (χ1) is 12.8. The summed E-state index contributed by atoms with van der Waals surface area (Å²) in [7, 11) is 0. The maximum atomic E-state index is 12.3. The highest BCUT2D eigenvalue weighted by atomic mass is 16.6. The molecule has 0 aliphatic heterocycles. The summed E-state index contributed by atoms with van der Waals surface area (Å²) >= 11 is 0. The summed E-state index contributed by atoms with van der Waals surface area (Å²) in [6.07, 6.45) is 0. The standard InChI is InChI=1S/C18H20N6O3/c1-12-9-16(21-22(12)10-15-7-5-4-6-8-15)19-17(25)11-23-14(3)18(24(26)27)13(2)20-23/h4-9H,10-11H2,1-3H3,(H,19,21,25). The highest BCUT2D eigenvalue weighted by Gasteiger charge is 2.23. The molecule has 0 radical (unpaired) electrons. The summed E-state index contributed by atoms with van der Waals surface area (Å²) in [5.41, 5.74) is 2.59. The summed E-state index contributed by atoms with van der Waals surface area (Å²) in [5, 5.41) is 22.3. The van der Waals surface area contributed by atoms with Crippen LogP contribution < -0.4 is 5.32 Å². The van der Waals surface area contributed by atoms with Crippen LogP contribution in [0.4, 0.5) is 11.5 Å². The lowest BCUT2D eigenvalue weighted by Crippen LogP contribution is -2.20. The van der Waals surface area contributed by atoms with Crippen LogP contribution in [0.3, 0.4) is 0 Å². The van der Waals surface area contributed by atoms with Crippen molar-refractivity contribution in [3.8, 4) is 0 Å². The molecule has 0 atom stereocenters. The zero-order chi connectivity index (χ0) is 19.6. The number of benzene rings is 1. The molecule has 27 heavy (non-hydrogen) atoms. The van der Waals surface area contributed by atoms with E-state index in [1.807, 2.05) is 37.3 Å². The summed E-state index contributed by atoms with van der Waals surface area (Å²) in [6, 6.07) is 11.7. The number of rotatable bonds is 6. The van der Waals surface area contributed by atoms with Gasteiger partial charge >= 0.3 is 5.69 Å². The third-order valence-corrected chi connectivity index (χ3v) is 4.24. The number of anilines is 1. The van der Waals surface area contributed by atoms with Gasteiger partial charge in [-0.05, 0) is 26.3 Å². The third kappa shape index (κ3) is 4.02. The minimum absolute atomic E-state index is 0.0641. The van der Waals surface area contributed by atoms with E-state index in [2.05, 4.69) is 15.5 Å². The van der Waals surface area contributed by atoms with Crippen molar-refractivity contribution in [2.24, 2.45) is 0 Å². The molecular weight excluding hydrogens is 348 g/mol. The fraction of sp³-hybridized carbons (Fsp3) is 0.278. The first-order valence-electron chi connectivity index (χ1n) is 8.41. The van der Waals surface area contributed by atoms with Gasteiger partial charge in [-0.1, -0.05) is 30.3 Å². The van der Waals surface area contributed by atoms with E-state index in [1.165, 1.54) is 4.68 Å². The monoisotopic (exact) mass is 368 g/mol. The number of hydrogen-bond acceptors (Lipinski definition) is 5. The second-order valence-electron chi connectivity index (χ2n) is 6.30. The molecule has 9 heteroatoms. The van der Waals surface area contributed by atoms with Crippen LogP contribution in [-0.4, -0.2) is 30.4 Å². The summed E-state index contributed by atoms with van der Waals surface area (Å²) in [5.74, 6) is 0.0873. The molecule has 2 heterocycles. The van der Waals surface area contributed by atoms with Crippen LogP contribution in [0.15, 0.2) is 36.4 Å². The second kappa shape index (κ2) is 7.40. The Labute approximate surface area is 155 Å². The quantitative estimate of drug-likeness (QED) is 0.531. The largest absolute Gasteiger partial charge is 0.312 e. The maximum absolute atomic E-state index is 12.3. The highest BCUT2D eigenvalue weighted by molar-refractivity contribution is 5.89. The van der Waals surface area contributed by atoms with Gasteiger partial charge in [-0.25, -0.2) is 0 Å². The van der Waals surface area contributed by atoms with E-state index >= 15 is 0 Å². The Hall–Kier alpha value is -3.49. The Morgan fingerprint density at radius 3 is 2.48 bits per heavy atom. The fourth-order valence-electron chi connectivity index (χ4n) is 2.91. The van der Waals surface area contributed by atoms with Gasteiger partial charge < -0.3 is 5.32 Å². The lowest BCUT2D eigenvalue weighted by atomic mass is 10.2. The number of nitro groups is 1. The molecule has 3 rings (SSSR count). The van der Waals surface area contributed by atoms with Crippen molar-refractivity contribution in [1.29, 1.82) is 0 Å². The first kappa shape index (κ1) is 18.3. The molecule has 3 aromatic rings. The predicted octanol–water partition coefficient (Wildman–Crippen LogP) is 2.60. The van der Waals surface area contributed by atoms with E-state index in [4.69, 9.17) is 0 Å². The second-order valence-corrected chi connectivity index (χ2v) is 6.30. The van der Waals surface area contributed by atoms with Crippen molar-refractivity contribution >= 4 is 17.4 Å². The zero-order valence-corrected chi connectivity index (χ0v) is 15.3. The molecule has 2 aromatic heterocycles. The molecule has 0 spiro atoms. The van der Waals surface area contributed by atoms with Gasteiger partial charge in [0.1, 0.15) is 17.9 Å². The minimum Gasteiger partial charge on any atom is -0.308 e. The summed E-state index contributed by atoms with van der Waals surface area (Å²) in [4.78, 5) is 22.9. The molecule has 0 bridgehead atoms. The lowest BCUT2D eigenvalue weighted by molar-refractivity contribution is -0.386. The van der Waals surface area contributed by atoms with E-state index < -0.39 is 4.92 Å². The number of nitrogens with zero attached hydrogens (tertiary/aromatic N) is 5. The van der Waals surface area contributed by atoms with Gasteiger partial charge in [0.05, 0.1) is 11.5 Å². The van der Waals surface area contributed by atoms with Crippen LogP contribution in [0.1, 0.15) is 22.6 Å². The Morgan fingerprint density at radius 2 is 1.85 bits per heavy atom. The van der Waals surface area contributed by atoms with Crippen molar-refractivity contribution in [2.45, 2.75) is 33.9 Å². The van der Waals surface area contributed by atoms with E-state index in [1.54, 1.807) is 24.6 Å². The Bertz CT molecular complexity index is 990. The molecule has 9 nitrogen and oxygen atoms in total. The highest BCUT2D eigenvalue weighted by Crippen LogP contribution is 2.21. The Morgan fingerprint density at radius 1 is 1.15 bits per heavy atom. The average molecular weight is 368 g/mol. The summed E-state index contributed by atoms with van der Waals surface area (Å²) in [6.45, 7) is 5.52. The van der Waals surface area contributed by atoms with Gasteiger partial charge in [0, 0.05) is 11.8 Å². The molecule has 0 unspecified atom stereocenters. The number of amides is 1. The Balaban J connectivity index is 1.69. The van der Waals surface area contributed by atoms with Gasteiger partial charge in [-0.15, -0.1) is 0 Å².